The molecular weight excluding hydrogens is 421 g/mol. The van der Waals surface area contributed by atoms with Crippen molar-refractivity contribution in [3.05, 3.63) is 57.3 Å². The number of nitrogens with zero attached hydrogens (tertiary/aromatic N) is 3. The second kappa shape index (κ2) is 9.13. The highest BCUT2D eigenvalue weighted by Gasteiger charge is 2.31. The van der Waals surface area contributed by atoms with E-state index in [-0.39, 0.29) is 11.9 Å². The van der Waals surface area contributed by atoms with Gasteiger partial charge in [-0.1, -0.05) is 35.3 Å². The Kier molecular flexibility index (Phi) is 6.51. The monoisotopic (exact) mass is 447 g/mol. The van der Waals surface area contributed by atoms with Gasteiger partial charge in [-0.25, -0.2) is 0 Å². The Labute approximate surface area is 187 Å². The van der Waals surface area contributed by atoms with E-state index in [0.29, 0.717) is 16.0 Å². The van der Waals surface area contributed by atoms with Crippen LogP contribution in [0.1, 0.15) is 35.6 Å². The SMILES string of the molecule is COC(=O)C1CCN(Cc2ncc(C3CN(c4c(Cl)cccc4Cl)C3)cc2C)CC1. The Bertz CT molecular complexity index is 902. The molecule has 4 rings (SSSR count). The predicted octanol–water partition coefficient (Wildman–Crippen LogP) is 4.69. The van der Waals surface area contributed by atoms with E-state index in [1.807, 2.05) is 24.4 Å². The molecule has 1 aromatic heterocycles. The first-order valence-corrected chi connectivity index (χ1v) is 11.2. The Balaban J connectivity index is 1.34. The minimum absolute atomic E-state index is 0.0378. The van der Waals surface area contributed by atoms with Gasteiger partial charge in [-0.15, -0.1) is 0 Å². The molecule has 160 valence electrons. The van der Waals surface area contributed by atoms with E-state index in [9.17, 15) is 4.79 Å². The number of hydrogen-bond donors (Lipinski definition) is 0. The zero-order valence-corrected chi connectivity index (χ0v) is 18.9. The van der Waals surface area contributed by atoms with E-state index in [2.05, 4.69) is 22.8 Å². The van der Waals surface area contributed by atoms with E-state index in [1.165, 1.54) is 18.2 Å². The molecule has 2 aliphatic heterocycles. The van der Waals surface area contributed by atoms with Crippen LogP contribution in [-0.4, -0.2) is 49.1 Å². The van der Waals surface area contributed by atoms with Crippen LogP contribution < -0.4 is 4.90 Å². The van der Waals surface area contributed by atoms with Gasteiger partial charge >= 0.3 is 5.97 Å². The summed E-state index contributed by atoms with van der Waals surface area (Å²) >= 11 is 12.7. The molecule has 2 aromatic rings. The van der Waals surface area contributed by atoms with E-state index < -0.39 is 0 Å². The minimum Gasteiger partial charge on any atom is -0.469 e. The molecule has 0 aliphatic carbocycles. The second-order valence-corrected chi connectivity index (χ2v) is 9.09. The summed E-state index contributed by atoms with van der Waals surface area (Å²) in [5.74, 6) is 0.394. The Hall–Kier alpha value is -1.82. The standard InChI is InChI=1S/C23H27Cl2N3O2/c1-15-10-17(18-12-28(13-18)22-19(24)4-3-5-20(22)25)11-26-21(15)14-27-8-6-16(7-9-27)23(29)30-2/h3-5,10-11,16,18H,6-9,12-14H2,1-2H3. The van der Waals surface area contributed by atoms with Crippen LogP contribution in [0.15, 0.2) is 30.5 Å². The molecule has 2 fully saturated rings. The molecule has 0 spiro atoms. The second-order valence-electron chi connectivity index (χ2n) is 8.28. The van der Waals surface area contributed by atoms with E-state index in [1.54, 1.807) is 0 Å². The number of pyridine rings is 1. The molecule has 0 amide bonds. The first kappa shape index (κ1) is 21.4. The lowest BCUT2D eigenvalue weighted by atomic mass is 9.90. The maximum absolute atomic E-state index is 11.7. The number of ether oxygens (including phenoxy) is 1. The molecule has 2 aliphatic rings. The summed E-state index contributed by atoms with van der Waals surface area (Å²) in [6.45, 7) is 6.55. The van der Waals surface area contributed by atoms with E-state index >= 15 is 0 Å². The summed E-state index contributed by atoms with van der Waals surface area (Å²) < 4.78 is 4.87. The van der Waals surface area contributed by atoms with Gasteiger partial charge < -0.3 is 9.64 Å². The molecule has 0 unspecified atom stereocenters. The Morgan fingerprint density at radius 1 is 1.20 bits per heavy atom. The molecule has 0 saturated carbocycles. The Morgan fingerprint density at radius 2 is 1.87 bits per heavy atom. The van der Waals surface area contributed by atoms with Crippen molar-refractivity contribution >= 4 is 34.9 Å². The minimum atomic E-state index is -0.0825. The number of aryl methyl sites for hydroxylation is 1. The van der Waals surface area contributed by atoms with E-state index in [0.717, 1.165) is 56.9 Å². The fraction of sp³-hybridized carbons (Fsp3) is 0.478. The summed E-state index contributed by atoms with van der Waals surface area (Å²) in [6, 6.07) is 7.89. The third kappa shape index (κ3) is 4.43. The maximum Gasteiger partial charge on any atom is 0.308 e. The number of carbonyl (C=O) groups excluding carboxylic acids is 1. The van der Waals surface area contributed by atoms with E-state index in [4.69, 9.17) is 32.9 Å². The van der Waals surface area contributed by atoms with Gasteiger partial charge in [0.2, 0.25) is 0 Å². The number of carbonyl (C=O) groups is 1. The number of aromatic nitrogens is 1. The predicted molar refractivity (Wildman–Crippen MR) is 120 cm³/mol. The normalized spacial score (nSPS) is 18.3. The summed E-state index contributed by atoms with van der Waals surface area (Å²) in [7, 11) is 1.47. The quantitative estimate of drug-likeness (QED) is 0.622. The zero-order valence-electron chi connectivity index (χ0n) is 17.4. The summed E-state index contributed by atoms with van der Waals surface area (Å²) in [5, 5.41) is 1.39. The lowest BCUT2D eigenvalue weighted by Crippen LogP contribution is -2.45. The van der Waals surface area contributed by atoms with Gasteiger partial charge in [-0.05, 0) is 56.1 Å². The summed E-state index contributed by atoms with van der Waals surface area (Å²) in [6.07, 6.45) is 3.72. The van der Waals surface area contributed by atoms with Gasteiger partial charge in [-0.3, -0.25) is 14.7 Å². The van der Waals surface area contributed by atoms with Crippen LogP contribution in [0.3, 0.4) is 0 Å². The van der Waals surface area contributed by atoms with Gasteiger partial charge in [0.1, 0.15) is 0 Å². The van der Waals surface area contributed by atoms with Crippen molar-refractivity contribution in [1.82, 2.24) is 9.88 Å². The highest BCUT2D eigenvalue weighted by molar-refractivity contribution is 6.39. The third-order valence-corrected chi connectivity index (χ3v) is 6.92. The van der Waals surface area contributed by atoms with Crippen LogP contribution >= 0.6 is 23.2 Å². The number of anilines is 1. The van der Waals surface area contributed by atoms with Crippen molar-refractivity contribution in [3.63, 3.8) is 0 Å². The molecule has 0 N–H and O–H groups in total. The third-order valence-electron chi connectivity index (χ3n) is 6.31. The number of rotatable bonds is 5. The average Bonchev–Trinajstić information content (AvgIpc) is 2.71. The van der Waals surface area contributed by atoms with Gasteiger partial charge in [0.05, 0.1) is 34.5 Å². The molecule has 1 aromatic carbocycles. The van der Waals surface area contributed by atoms with Crippen molar-refractivity contribution in [2.75, 3.05) is 38.2 Å². The molecule has 5 nitrogen and oxygen atoms in total. The van der Waals surface area contributed by atoms with Gasteiger partial charge in [-0.2, -0.15) is 0 Å². The highest BCUT2D eigenvalue weighted by Crippen LogP contribution is 2.40. The largest absolute Gasteiger partial charge is 0.469 e. The number of esters is 1. The van der Waals surface area contributed by atoms with Crippen molar-refractivity contribution in [2.24, 2.45) is 5.92 Å². The molecule has 3 heterocycles. The van der Waals surface area contributed by atoms with Gasteiger partial charge in [0.25, 0.3) is 0 Å². The van der Waals surface area contributed by atoms with Gasteiger partial charge in [0, 0.05) is 31.7 Å². The first-order chi connectivity index (χ1) is 14.5. The summed E-state index contributed by atoms with van der Waals surface area (Å²) in [5.41, 5.74) is 4.52. The van der Waals surface area contributed by atoms with Crippen molar-refractivity contribution in [3.8, 4) is 0 Å². The van der Waals surface area contributed by atoms with Crippen molar-refractivity contribution in [2.45, 2.75) is 32.2 Å². The van der Waals surface area contributed by atoms with Crippen LogP contribution in [0.2, 0.25) is 10.0 Å². The van der Waals surface area contributed by atoms with Crippen LogP contribution in [0.25, 0.3) is 0 Å². The number of benzene rings is 1. The highest BCUT2D eigenvalue weighted by atomic mass is 35.5. The number of methoxy groups -OCH3 is 1. The fourth-order valence-corrected chi connectivity index (χ4v) is 5.02. The average molecular weight is 448 g/mol. The smallest absolute Gasteiger partial charge is 0.308 e. The summed E-state index contributed by atoms with van der Waals surface area (Å²) in [4.78, 5) is 21.1. The van der Waals surface area contributed by atoms with Crippen molar-refractivity contribution < 1.29 is 9.53 Å². The number of likely N-dealkylation sites (tertiary alicyclic amines) is 1. The van der Waals surface area contributed by atoms with Crippen LogP contribution in [0.4, 0.5) is 5.69 Å². The number of halogens is 2. The molecule has 0 atom stereocenters. The molecule has 30 heavy (non-hydrogen) atoms. The zero-order chi connectivity index (χ0) is 21.3. The molecule has 7 heteroatoms. The Morgan fingerprint density at radius 3 is 2.47 bits per heavy atom. The molecule has 0 radical (unpaired) electrons. The number of hydrogen-bond acceptors (Lipinski definition) is 5. The molecule has 0 bridgehead atoms. The van der Waals surface area contributed by atoms with Crippen LogP contribution in [-0.2, 0) is 16.1 Å². The van der Waals surface area contributed by atoms with Crippen LogP contribution in [0, 0.1) is 12.8 Å². The maximum atomic E-state index is 11.7. The fourth-order valence-electron chi connectivity index (χ4n) is 4.38. The number of para-hydroxylation sites is 1. The molecular formula is C23H27Cl2N3O2. The van der Waals surface area contributed by atoms with Crippen LogP contribution in [0.5, 0.6) is 0 Å². The molecule has 2 saturated heterocycles. The first-order valence-electron chi connectivity index (χ1n) is 10.4. The lowest BCUT2D eigenvalue weighted by Gasteiger charge is -2.42. The van der Waals surface area contributed by atoms with Crippen molar-refractivity contribution in [1.29, 1.82) is 0 Å². The topological polar surface area (TPSA) is 45.7 Å². The number of piperidine rings is 1. The van der Waals surface area contributed by atoms with Gasteiger partial charge in [0.15, 0.2) is 0 Å². The lowest BCUT2D eigenvalue weighted by molar-refractivity contribution is -0.147.